The zero-order chi connectivity index (χ0) is 34.3. The molecule has 6 N–H and O–H groups in total. The molecule has 1 heterocycles. The van der Waals surface area contributed by atoms with Crippen molar-refractivity contribution in [1.82, 2.24) is 15.0 Å². The standard InChI is InChI=1S/C30H26N6O9S3/c1-19-7-8-20(26(17-19)47(38,39)40)9-10-21-11-12-24(18-27(21)48(41,42)43)33-30-35-28(31-22-5-3-2-4-6-22)34-29(36-30)32-23-13-15-25(16-14-23)46-45-44-37/h2-18,37H,1H3,(H,38,39,40)(H,41,42,43)(H3,31,32,33,34,35,36)/b10-9+. The Bertz CT molecular complexity index is 2170. The summed E-state index contributed by atoms with van der Waals surface area (Å²) in [5.41, 5.74) is 2.18. The van der Waals surface area contributed by atoms with Crippen LogP contribution < -0.4 is 16.0 Å². The van der Waals surface area contributed by atoms with Gasteiger partial charge in [0.15, 0.2) is 0 Å². The van der Waals surface area contributed by atoms with Crippen molar-refractivity contribution in [3.05, 3.63) is 108 Å². The van der Waals surface area contributed by atoms with Crippen LogP contribution in [0.15, 0.2) is 106 Å². The summed E-state index contributed by atoms with van der Waals surface area (Å²) in [5.74, 6) is 0.265. The highest BCUT2D eigenvalue weighted by molar-refractivity contribution is 7.94. The van der Waals surface area contributed by atoms with Gasteiger partial charge >= 0.3 is 0 Å². The Morgan fingerprint density at radius 3 is 1.67 bits per heavy atom. The number of aromatic nitrogens is 3. The predicted octanol–water partition coefficient (Wildman–Crippen LogP) is 6.50. The van der Waals surface area contributed by atoms with Crippen LogP contribution in [0, 0.1) is 6.92 Å². The maximum Gasteiger partial charge on any atom is 0.295 e. The molecule has 0 saturated heterocycles. The van der Waals surface area contributed by atoms with Crippen LogP contribution in [0.5, 0.6) is 0 Å². The molecule has 5 rings (SSSR count). The van der Waals surface area contributed by atoms with E-state index in [1.807, 2.05) is 18.2 Å². The highest BCUT2D eigenvalue weighted by Gasteiger charge is 2.18. The van der Waals surface area contributed by atoms with E-state index in [0.29, 0.717) is 21.8 Å². The molecule has 0 aliphatic heterocycles. The van der Waals surface area contributed by atoms with Crippen molar-refractivity contribution in [2.45, 2.75) is 21.6 Å². The zero-order valence-corrected chi connectivity index (χ0v) is 27.1. The minimum atomic E-state index is -4.77. The third kappa shape index (κ3) is 9.33. The first kappa shape index (κ1) is 34.4. The van der Waals surface area contributed by atoms with Crippen LogP contribution in [-0.4, -0.2) is 46.2 Å². The molecule has 0 bridgehead atoms. The third-order valence-electron chi connectivity index (χ3n) is 6.37. The molecule has 18 heteroatoms. The second kappa shape index (κ2) is 14.9. The molecule has 4 aromatic carbocycles. The van der Waals surface area contributed by atoms with E-state index in [1.54, 1.807) is 49.4 Å². The summed E-state index contributed by atoms with van der Waals surface area (Å²) in [5, 5.41) is 21.0. The van der Waals surface area contributed by atoms with Crippen molar-refractivity contribution >= 4 is 79.3 Å². The maximum absolute atomic E-state index is 12.4. The van der Waals surface area contributed by atoms with Gasteiger partial charge in [-0.15, -0.1) is 4.33 Å². The van der Waals surface area contributed by atoms with Crippen LogP contribution in [0.1, 0.15) is 16.7 Å². The van der Waals surface area contributed by atoms with E-state index in [1.165, 1.54) is 36.4 Å². The zero-order valence-electron chi connectivity index (χ0n) is 24.7. The summed E-state index contributed by atoms with van der Waals surface area (Å²) >= 11 is 0.790. The Hall–Kier alpha value is -4.92. The minimum Gasteiger partial charge on any atom is -0.324 e. The van der Waals surface area contributed by atoms with Crippen molar-refractivity contribution in [3.8, 4) is 0 Å². The molecule has 0 unspecified atom stereocenters. The summed E-state index contributed by atoms with van der Waals surface area (Å²) in [4.78, 5) is 13.0. The lowest BCUT2D eigenvalue weighted by atomic mass is 10.1. The van der Waals surface area contributed by atoms with Gasteiger partial charge in [0.2, 0.25) is 17.8 Å². The highest BCUT2D eigenvalue weighted by Crippen LogP contribution is 2.28. The lowest BCUT2D eigenvalue weighted by Crippen LogP contribution is -2.08. The summed E-state index contributed by atoms with van der Waals surface area (Å²) in [6.07, 6.45) is 2.61. The minimum absolute atomic E-state index is 0.00799. The molecule has 0 amide bonds. The van der Waals surface area contributed by atoms with E-state index in [4.69, 9.17) is 5.26 Å². The van der Waals surface area contributed by atoms with E-state index in [2.05, 4.69) is 40.3 Å². The number of hydrogen-bond donors (Lipinski definition) is 6. The fraction of sp³-hybridized carbons (Fsp3) is 0.0333. The van der Waals surface area contributed by atoms with Gasteiger partial charge in [-0.05, 0) is 78.2 Å². The number of aryl methyl sites for hydroxylation is 1. The Morgan fingerprint density at radius 2 is 1.12 bits per heavy atom. The fourth-order valence-electron chi connectivity index (χ4n) is 4.26. The van der Waals surface area contributed by atoms with Gasteiger partial charge in [-0.25, -0.2) is 5.26 Å². The van der Waals surface area contributed by atoms with Crippen molar-refractivity contribution in [2.24, 2.45) is 0 Å². The number of hydrogen-bond acceptors (Lipinski definition) is 14. The number of nitrogens with one attached hydrogen (secondary N) is 3. The van der Waals surface area contributed by atoms with Gasteiger partial charge in [0.1, 0.15) is 9.79 Å². The van der Waals surface area contributed by atoms with Gasteiger partial charge in [-0.1, -0.05) is 53.6 Å². The second-order valence-electron chi connectivity index (χ2n) is 9.87. The largest absolute Gasteiger partial charge is 0.324 e. The lowest BCUT2D eigenvalue weighted by molar-refractivity contribution is -0.432. The van der Waals surface area contributed by atoms with Crippen molar-refractivity contribution in [1.29, 1.82) is 0 Å². The number of para-hydroxylation sites is 1. The third-order valence-corrected chi connectivity index (χ3v) is 8.79. The van der Waals surface area contributed by atoms with E-state index in [-0.39, 0.29) is 39.6 Å². The van der Waals surface area contributed by atoms with Crippen LogP contribution >= 0.6 is 12.0 Å². The monoisotopic (exact) mass is 710 g/mol. The molecule has 0 aliphatic rings. The van der Waals surface area contributed by atoms with E-state index in [9.17, 15) is 25.9 Å². The first-order valence-corrected chi connectivity index (χ1v) is 17.2. The Kier molecular flexibility index (Phi) is 10.7. The van der Waals surface area contributed by atoms with Crippen LogP contribution in [0.4, 0.5) is 34.9 Å². The first-order valence-electron chi connectivity index (χ1n) is 13.6. The van der Waals surface area contributed by atoms with Gasteiger partial charge in [0.25, 0.3) is 20.2 Å². The van der Waals surface area contributed by atoms with E-state index < -0.39 is 25.1 Å². The molecular weight excluding hydrogens is 685 g/mol. The van der Waals surface area contributed by atoms with E-state index in [0.717, 1.165) is 18.1 Å². The van der Waals surface area contributed by atoms with Gasteiger partial charge < -0.3 is 16.0 Å². The summed E-state index contributed by atoms with van der Waals surface area (Å²) in [6.45, 7) is 1.65. The topological polar surface area (TPSA) is 222 Å². The molecular formula is C30H26N6O9S3. The summed E-state index contributed by atoms with van der Waals surface area (Å²) < 4.78 is 72.7. The van der Waals surface area contributed by atoms with Gasteiger partial charge in [0, 0.05) is 22.0 Å². The molecule has 15 nitrogen and oxygen atoms in total. The summed E-state index contributed by atoms with van der Waals surface area (Å²) in [6, 6.07) is 24.3. The average Bonchev–Trinajstić information content (AvgIpc) is 3.04. The number of anilines is 6. The number of benzene rings is 4. The van der Waals surface area contributed by atoms with Crippen LogP contribution in [0.3, 0.4) is 0 Å². The normalized spacial score (nSPS) is 11.8. The molecule has 0 spiro atoms. The number of rotatable bonds is 13. The van der Waals surface area contributed by atoms with Crippen molar-refractivity contribution in [3.63, 3.8) is 0 Å². The molecule has 0 atom stereocenters. The van der Waals surface area contributed by atoms with Crippen LogP contribution in [0.2, 0.25) is 0 Å². The SMILES string of the molecule is Cc1ccc(/C=C/c2ccc(Nc3nc(Nc4ccccc4)nc(Nc4ccc(SOOO)cc4)n3)cc2S(=O)(=O)O)c(S(=O)(=O)O)c1. The second-order valence-corrected chi connectivity index (χ2v) is 13.4. The Morgan fingerprint density at radius 1 is 0.646 bits per heavy atom. The fourth-order valence-corrected chi connectivity index (χ4v) is 6.09. The first-order chi connectivity index (χ1) is 22.9. The Labute approximate surface area is 279 Å². The number of nitrogens with zero attached hydrogens (tertiary/aromatic N) is 3. The van der Waals surface area contributed by atoms with Crippen LogP contribution in [0.25, 0.3) is 12.2 Å². The maximum atomic E-state index is 12.4. The van der Waals surface area contributed by atoms with Crippen molar-refractivity contribution in [2.75, 3.05) is 16.0 Å². The van der Waals surface area contributed by atoms with Gasteiger partial charge in [-0.3, -0.25) is 9.11 Å². The molecule has 0 radical (unpaired) electrons. The van der Waals surface area contributed by atoms with Crippen LogP contribution in [-0.2, 0) is 29.6 Å². The molecule has 0 saturated carbocycles. The van der Waals surface area contributed by atoms with Gasteiger partial charge in [-0.2, -0.15) is 31.8 Å². The molecule has 0 aliphatic carbocycles. The Balaban J connectivity index is 1.46. The average molecular weight is 711 g/mol. The van der Waals surface area contributed by atoms with Gasteiger partial charge in [0.05, 0.1) is 12.0 Å². The molecule has 48 heavy (non-hydrogen) atoms. The molecule has 248 valence electrons. The van der Waals surface area contributed by atoms with E-state index >= 15 is 0 Å². The smallest absolute Gasteiger partial charge is 0.295 e. The summed E-state index contributed by atoms with van der Waals surface area (Å²) in [7, 11) is -9.34. The van der Waals surface area contributed by atoms with Crippen molar-refractivity contribution < 1.29 is 40.6 Å². The molecule has 5 aromatic rings. The molecule has 1 aromatic heterocycles. The quantitative estimate of drug-likeness (QED) is 0.0252. The lowest BCUT2D eigenvalue weighted by Gasteiger charge is -2.13. The predicted molar refractivity (Wildman–Crippen MR) is 179 cm³/mol. The highest BCUT2D eigenvalue weighted by atomic mass is 32.2. The molecule has 0 fully saturated rings.